The van der Waals surface area contributed by atoms with Crippen LogP contribution in [0, 0.1) is 11.3 Å². The lowest BCUT2D eigenvalue weighted by Crippen LogP contribution is -2.30. The Morgan fingerprint density at radius 2 is 2.33 bits per heavy atom. The molecule has 2 aliphatic rings. The van der Waals surface area contributed by atoms with Gasteiger partial charge < -0.3 is 4.90 Å². The van der Waals surface area contributed by atoms with Gasteiger partial charge in [-0.1, -0.05) is 6.92 Å². The first-order valence-corrected chi connectivity index (χ1v) is 3.89. The van der Waals surface area contributed by atoms with Crippen LogP contribution in [0.5, 0.6) is 0 Å². The number of hydrogen-bond donors (Lipinski definition) is 0. The standard InChI is InChI=1S/C8H15N/c1-8-3-4-9(2)6-7(8)5-8/h7H,3-6H2,1-2H3/t7-,8-/m0/s1. The fourth-order valence-corrected chi connectivity index (χ4v) is 2.01. The van der Waals surface area contributed by atoms with Crippen LogP contribution >= 0.6 is 0 Å². The molecule has 52 valence electrons. The average Bonchev–Trinajstić information content (AvgIpc) is 2.41. The summed E-state index contributed by atoms with van der Waals surface area (Å²) in [4.78, 5) is 2.46. The quantitative estimate of drug-likeness (QED) is 0.472. The number of nitrogens with zero attached hydrogens (tertiary/aromatic N) is 1. The van der Waals surface area contributed by atoms with Crippen LogP contribution in [0.4, 0.5) is 0 Å². The molecule has 0 unspecified atom stereocenters. The third-order valence-corrected chi connectivity index (χ3v) is 3.13. The van der Waals surface area contributed by atoms with Gasteiger partial charge in [0.05, 0.1) is 0 Å². The van der Waals surface area contributed by atoms with Crippen LogP contribution in [0.2, 0.25) is 0 Å². The zero-order valence-electron chi connectivity index (χ0n) is 6.35. The molecule has 1 heterocycles. The van der Waals surface area contributed by atoms with Crippen molar-refractivity contribution >= 4 is 0 Å². The maximum atomic E-state index is 2.46. The molecule has 1 saturated heterocycles. The largest absolute Gasteiger partial charge is 0.306 e. The zero-order chi connectivity index (χ0) is 6.48. The van der Waals surface area contributed by atoms with Crippen molar-refractivity contribution in [3.8, 4) is 0 Å². The molecule has 0 N–H and O–H groups in total. The molecule has 0 bridgehead atoms. The van der Waals surface area contributed by atoms with E-state index in [0.29, 0.717) is 0 Å². The van der Waals surface area contributed by atoms with Crippen LogP contribution in [-0.2, 0) is 0 Å². The van der Waals surface area contributed by atoms with Crippen LogP contribution in [0.1, 0.15) is 19.8 Å². The second kappa shape index (κ2) is 1.51. The summed E-state index contributed by atoms with van der Waals surface area (Å²) < 4.78 is 0. The molecule has 1 aliphatic heterocycles. The molecule has 9 heavy (non-hydrogen) atoms. The predicted molar refractivity (Wildman–Crippen MR) is 38.3 cm³/mol. The average molecular weight is 125 g/mol. The summed E-state index contributed by atoms with van der Waals surface area (Å²) in [5.74, 6) is 1.05. The highest BCUT2D eigenvalue weighted by atomic mass is 15.1. The number of hydrogen-bond acceptors (Lipinski definition) is 1. The summed E-state index contributed by atoms with van der Waals surface area (Å²) in [5, 5.41) is 0. The first-order chi connectivity index (χ1) is 4.21. The fraction of sp³-hybridized carbons (Fsp3) is 1.00. The Labute approximate surface area is 57.0 Å². The van der Waals surface area contributed by atoms with E-state index in [4.69, 9.17) is 0 Å². The summed E-state index contributed by atoms with van der Waals surface area (Å²) in [6.07, 6.45) is 2.94. The van der Waals surface area contributed by atoms with E-state index in [1.807, 2.05) is 0 Å². The van der Waals surface area contributed by atoms with E-state index in [9.17, 15) is 0 Å². The molecule has 2 rings (SSSR count). The Kier molecular flexibility index (Phi) is 0.963. The van der Waals surface area contributed by atoms with E-state index >= 15 is 0 Å². The van der Waals surface area contributed by atoms with Crippen molar-refractivity contribution in [2.45, 2.75) is 19.8 Å². The fourth-order valence-electron chi connectivity index (χ4n) is 2.01. The van der Waals surface area contributed by atoms with Gasteiger partial charge in [0.1, 0.15) is 0 Å². The molecule has 0 aromatic heterocycles. The molecule has 0 spiro atoms. The number of fused-ring (bicyclic) bond motifs is 1. The van der Waals surface area contributed by atoms with Crippen LogP contribution in [0.3, 0.4) is 0 Å². The minimum Gasteiger partial charge on any atom is -0.306 e. The van der Waals surface area contributed by atoms with E-state index < -0.39 is 0 Å². The summed E-state index contributed by atoms with van der Waals surface area (Å²) in [6, 6.07) is 0. The van der Waals surface area contributed by atoms with Crippen LogP contribution in [0.15, 0.2) is 0 Å². The lowest BCUT2D eigenvalue weighted by atomic mass is 9.98. The molecular formula is C8H15N. The SMILES string of the molecule is CN1CC[C@@]2(C)C[C@H]2C1. The van der Waals surface area contributed by atoms with Gasteiger partial charge in [-0.15, -0.1) is 0 Å². The van der Waals surface area contributed by atoms with Gasteiger partial charge in [-0.3, -0.25) is 0 Å². The van der Waals surface area contributed by atoms with Crippen molar-refractivity contribution in [3.63, 3.8) is 0 Å². The zero-order valence-corrected chi connectivity index (χ0v) is 6.35. The van der Waals surface area contributed by atoms with Gasteiger partial charge in [0.15, 0.2) is 0 Å². The second-order valence-corrected chi connectivity index (χ2v) is 4.07. The summed E-state index contributed by atoms with van der Waals surface area (Å²) in [7, 11) is 2.23. The molecule has 1 heteroatoms. The first kappa shape index (κ1) is 5.72. The Balaban J connectivity index is 2.01. The van der Waals surface area contributed by atoms with Gasteiger partial charge in [-0.25, -0.2) is 0 Å². The van der Waals surface area contributed by atoms with Gasteiger partial charge in [0, 0.05) is 6.54 Å². The highest BCUT2D eigenvalue weighted by Crippen LogP contribution is 2.56. The van der Waals surface area contributed by atoms with Crippen molar-refractivity contribution in [1.82, 2.24) is 4.90 Å². The second-order valence-electron chi connectivity index (χ2n) is 4.07. The van der Waals surface area contributed by atoms with E-state index in [0.717, 1.165) is 11.3 Å². The van der Waals surface area contributed by atoms with Crippen LogP contribution in [-0.4, -0.2) is 25.0 Å². The topological polar surface area (TPSA) is 3.24 Å². The normalized spacial score (nSPS) is 50.7. The molecule has 0 aromatic rings. The van der Waals surface area contributed by atoms with Crippen molar-refractivity contribution in [2.75, 3.05) is 20.1 Å². The van der Waals surface area contributed by atoms with Crippen LogP contribution in [0.25, 0.3) is 0 Å². The van der Waals surface area contributed by atoms with Crippen LogP contribution < -0.4 is 0 Å². The molecule has 1 aliphatic carbocycles. The number of piperidine rings is 1. The van der Waals surface area contributed by atoms with E-state index in [1.54, 1.807) is 0 Å². The smallest absolute Gasteiger partial charge is 0.00120 e. The summed E-state index contributed by atoms with van der Waals surface area (Å²) >= 11 is 0. The van der Waals surface area contributed by atoms with E-state index in [1.165, 1.54) is 25.9 Å². The third-order valence-electron chi connectivity index (χ3n) is 3.13. The predicted octanol–water partition coefficient (Wildman–Crippen LogP) is 1.35. The lowest BCUT2D eigenvalue weighted by Gasteiger charge is -2.25. The molecule has 2 atom stereocenters. The maximum absolute atomic E-state index is 2.46. The highest BCUT2D eigenvalue weighted by Gasteiger charge is 2.51. The molecule has 1 nitrogen and oxygen atoms in total. The number of rotatable bonds is 0. The van der Waals surface area contributed by atoms with Crippen molar-refractivity contribution in [3.05, 3.63) is 0 Å². The monoisotopic (exact) mass is 125 g/mol. The molecular weight excluding hydrogens is 110 g/mol. The Hall–Kier alpha value is -0.0400. The molecule has 0 aromatic carbocycles. The minimum atomic E-state index is 0.784. The van der Waals surface area contributed by atoms with E-state index in [-0.39, 0.29) is 0 Å². The van der Waals surface area contributed by atoms with Crippen molar-refractivity contribution < 1.29 is 0 Å². The van der Waals surface area contributed by atoms with Crippen molar-refractivity contribution in [2.24, 2.45) is 11.3 Å². The summed E-state index contributed by atoms with van der Waals surface area (Å²) in [5.41, 5.74) is 0.784. The molecule has 2 fully saturated rings. The molecule has 0 amide bonds. The van der Waals surface area contributed by atoms with Gasteiger partial charge in [-0.05, 0) is 37.8 Å². The third kappa shape index (κ3) is 0.787. The van der Waals surface area contributed by atoms with Gasteiger partial charge in [0.25, 0.3) is 0 Å². The van der Waals surface area contributed by atoms with Crippen molar-refractivity contribution in [1.29, 1.82) is 0 Å². The van der Waals surface area contributed by atoms with Gasteiger partial charge >= 0.3 is 0 Å². The Morgan fingerprint density at radius 1 is 1.56 bits per heavy atom. The molecule has 0 radical (unpaired) electrons. The number of likely N-dealkylation sites (tertiary alicyclic amines) is 1. The lowest BCUT2D eigenvalue weighted by molar-refractivity contribution is 0.222. The van der Waals surface area contributed by atoms with E-state index in [2.05, 4.69) is 18.9 Å². The summed E-state index contributed by atoms with van der Waals surface area (Å²) in [6.45, 7) is 5.12. The first-order valence-electron chi connectivity index (χ1n) is 3.89. The maximum Gasteiger partial charge on any atom is 0.00120 e. The van der Waals surface area contributed by atoms with Gasteiger partial charge in [0.2, 0.25) is 0 Å². The highest BCUT2D eigenvalue weighted by molar-refractivity contribution is 5.02. The van der Waals surface area contributed by atoms with Gasteiger partial charge in [-0.2, -0.15) is 0 Å². The minimum absolute atomic E-state index is 0.784. The molecule has 1 saturated carbocycles. The Bertz CT molecular complexity index is 133. The Morgan fingerprint density at radius 3 is 2.89 bits per heavy atom.